The molecule has 0 saturated heterocycles. The van der Waals surface area contributed by atoms with Crippen LogP contribution in [0.5, 0.6) is 0 Å². The van der Waals surface area contributed by atoms with Crippen molar-refractivity contribution in [1.29, 1.82) is 0 Å². The molecule has 2 nitrogen and oxygen atoms in total. The van der Waals surface area contributed by atoms with E-state index in [1.54, 1.807) is 6.07 Å². The van der Waals surface area contributed by atoms with Crippen molar-refractivity contribution in [3.63, 3.8) is 0 Å². The van der Waals surface area contributed by atoms with Crippen LogP contribution in [0.4, 0.5) is 19.0 Å². The largest absolute Gasteiger partial charge is 0.416 e. The molecule has 1 aromatic heterocycles. The van der Waals surface area contributed by atoms with E-state index < -0.39 is 11.7 Å². The van der Waals surface area contributed by atoms with Gasteiger partial charge in [-0.3, -0.25) is 0 Å². The third kappa shape index (κ3) is 2.56. The molecule has 0 bridgehead atoms. The summed E-state index contributed by atoms with van der Waals surface area (Å²) in [5.74, 6) is 0.955. The molecule has 24 heavy (non-hydrogen) atoms. The molecule has 1 N–H and O–H groups in total. The van der Waals surface area contributed by atoms with E-state index in [0.29, 0.717) is 18.7 Å². The maximum atomic E-state index is 12.9. The summed E-state index contributed by atoms with van der Waals surface area (Å²) in [5.41, 5.74) is 2.15. The van der Waals surface area contributed by atoms with Gasteiger partial charge in [0.2, 0.25) is 0 Å². The molecule has 0 radical (unpaired) electrons. The second kappa shape index (κ2) is 5.44. The number of halogens is 3. The zero-order valence-corrected chi connectivity index (χ0v) is 12.8. The average Bonchev–Trinajstić information content (AvgIpc) is 2.94. The Morgan fingerprint density at radius 1 is 1.04 bits per heavy atom. The van der Waals surface area contributed by atoms with Crippen molar-refractivity contribution in [3.05, 3.63) is 71.3 Å². The summed E-state index contributed by atoms with van der Waals surface area (Å²) in [6.45, 7) is 1.09. The van der Waals surface area contributed by atoms with Crippen LogP contribution in [0.1, 0.15) is 16.7 Å². The summed E-state index contributed by atoms with van der Waals surface area (Å²) in [6.07, 6.45) is -0.211. The summed E-state index contributed by atoms with van der Waals surface area (Å²) in [4.78, 5) is 5.44. The zero-order chi connectivity index (χ0) is 16.7. The number of para-hydroxylation sites is 1. The van der Waals surface area contributed by atoms with Crippen LogP contribution in [0.25, 0.3) is 17.0 Å². The fourth-order valence-electron chi connectivity index (χ4n) is 3.17. The van der Waals surface area contributed by atoms with Crippen molar-refractivity contribution in [3.8, 4) is 0 Å². The third-order valence-corrected chi connectivity index (χ3v) is 4.28. The number of anilines is 1. The van der Waals surface area contributed by atoms with Crippen LogP contribution in [0.2, 0.25) is 0 Å². The summed E-state index contributed by atoms with van der Waals surface area (Å²) in [5, 5.41) is 1.12. The van der Waals surface area contributed by atoms with Crippen molar-refractivity contribution >= 4 is 22.8 Å². The molecule has 1 aliphatic rings. The highest BCUT2D eigenvalue weighted by Crippen LogP contribution is 2.34. The predicted molar refractivity (Wildman–Crippen MR) is 89.8 cm³/mol. The third-order valence-electron chi connectivity index (χ3n) is 4.28. The number of nitrogens with one attached hydrogen (secondary N) is 1. The number of benzene rings is 2. The van der Waals surface area contributed by atoms with Gasteiger partial charge in [0.05, 0.1) is 5.56 Å². The van der Waals surface area contributed by atoms with E-state index in [1.165, 1.54) is 12.1 Å². The Balaban J connectivity index is 1.69. The van der Waals surface area contributed by atoms with Crippen LogP contribution in [-0.4, -0.2) is 11.5 Å². The monoisotopic (exact) mass is 328 g/mol. The molecule has 3 aromatic rings. The number of alkyl halides is 3. The van der Waals surface area contributed by atoms with Gasteiger partial charge in [0.25, 0.3) is 0 Å². The van der Waals surface area contributed by atoms with Crippen molar-refractivity contribution in [2.24, 2.45) is 0 Å². The molecule has 0 unspecified atom stereocenters. The van der Waals surface area contributed by atoms with Gasteiger partial charge >= 0.3 is 6.18 Å². The normalized spacial score (nSPS) is 14.2. The van der Waals surface area contributed by atoms with E-state index in [2.05, 4.69) is 16.0 Å². The summed E-state index contributed by atoms with van der Waals surface area (Å²) < 4.78 is 38.7. The van der Waals surface area contributed by atoms with Gasteiger partial charge in [0.1, 0.15) is 5.82 Å². The molecule has 0 fully saturated rings. The molecule has 2 heterocycles. The second-order valence-corrected chi connectivity index (χ2v) is 5.91. The molecule has 0 atom stereocenters. The Hall–Kier alpha value is -2.69. The molecule has 0 spiro atoms. The van der Waals surface area contributed by atoms with Gasteiger partial charge in [-0.2, -0.15) is 13.2 Å². The molecule has 2 aromatic carbocycles. The highest BCUT2D eigenvalue weighted by atomic mass is 19.4. The van der Waals surface area contributed by atoms with Gasteiger partial charge in [-0.15, -0.1) is 0 Å². The maximum absolute atomic E-state index is 12.9. The van der Waals surface area contributed by atoms with E-state index in [1.807, 2.05) is 30.3 Å². The smallest absolute Gasteiger partial charge is 0.350 e. The van der Waals surface area contributed by atoms with Crippen LogP contribution in [0.3, 0.4) is 0 Å². The van der Waals surface area contributed by atoms with Gasteiger partial charge in [-0.05, 0) is 23.8 Å². The fourth-order valence-corrected chi connectivity index (χ4v) is 3.17. The molecular formula is C19H15F3N2. The Bertz CT molecular complexity index is 922. The lowest BCUT2D eigenvalue weighted by atomic mass is 10.1. The van der Waals surface area contributed by atoms with Gasteiger partial charge in [-0.25, -0.2) is 0 Å². The second-order valence-electron chi connectivity index (χ2n) is 5.91. The molecule has 0 amide bonds. The Morgan fingerprint density at radius 3 is 2.71 bits per heavy atom. The van der Waals surface area contributed by atoms with E-state index >= 15 is 0 Å². The standard InChI is InChI=1S/C19H15F3N2/c20-19(21,22)14-6-3-5-13(11-14)12-24-10-4-8-16-15-7-1-2-9-17(15)23-18(16)24/h1-9,11,23H,10,12H2. The molecule has 5 heteroatoms. The first kappa shape index (κ1) is 14.9. The Morgan fingerprint density at radius 2 is 1.88 bits per heavy atom. The zero-order valence-electron chi connectivity index (χ0n) is 12.8. The van der Waals surface area contributed by atoms with Gasteiger partial charge in [-0.1, -0.05) is 42.5 Å². The lowest BCUT2D eigenvalue weighted by molar-refractivity contribution is -0.137. The Kier molecular flexibility index (Phi) is 3.37. The SMILES string of the molecule is FC(F)(F)c1cccc(CN2CC=Cc3c2[nH]c2ccccc32)c1. The molecule has 4 rings (SSSR count). The number of aromatic nitrogens is 1. The van der Waals surface area contributed by atoms with Gasteiger partial charge < -0.3 is 9.88 Å². The number of hydrogen-bond donors (Lipinski definition) is 1. The van der Waals surface area contributed by atoms with Crippen LogP contribution in [0, 0.1) is 0 Å². The van der Waals surface area contributed by atoms with E-state index in [0.717, 1.165) is 28.4 Å². The molecule has 0 aliphatic carbocycles. The topological polar surface area (TPSA) is 19.0 Å². The summed E-state index contributed by atoms with van der Waals surface area (Å²) in [7, 11) is 0. The van der Waals surface area contributed by atoms with Gasteiger partial charge in [0, 0.05) is 29.6 Å². The lowest BCUT2D eigenvalue weighted by Gasteiger charge is -2.26. The first-order chi connectivity index (χ1) is 11.5. The first-order valence-electron chi connectivity index (χ1n) is 7.71. The molecular weight excluding hydrogens is 313 g/mol. The number of rotatable bonds is 2. The minimum atomic E-state index is -4.32. The quantitative estimate of drug-likeness (QED) is 0.683. The maximum Gasteiger partial charge on any atom is 0.416 e. The highest BCUT2D eigenvalue weighted by molar-refractivity contribution is 5.96. The minimum absolute atomic E-state index is 0.425. The van der Waals surface area contributed by atoms with Crippen LogP contribution >= 0.6 is 0 Å². The van der Waals surface area contributed by atoms with Crippen molar-refractivity contribution in [2.45, 2.75) is 12.7 Å². The highest BCUT2D eigenvalue weighted by Gasteiger charge is 2.30. The molecule has 0 saturated carbocycles. The van der Waals surface area contributed by atoms with Crippen LogP contribution in [0.15, 0.2) is 54.6 Å². The van der Waals surface area contributed by atoms with E-state index in [4.69, 9.17) is 0 Å². The number of nitrogens with zero attached hydrogens (tertiary/aromatic N) is 1. The Labute approximate surface area is 137 Å². The average molecular weight is 328 g/mol. The van der Waals surface area contributed by atoms with Crippen LogP contribution < -0.4 is 4.90 Å². The van der Waals surface area contributed by atoms with E-state index in [9.17, 15) is 13.2 Å². The fraction of sp³-hybridized carbons (Fsp3) is 0.158. The summed E-state index contributed by atoms with van der Waals surface area (Å²) in [6, 6.07) is 13.5. The summed E-state index contributed by atoms with van der Waals surface area (Å²) >= 11 is 0. The van der Waals surface area contributed by atoms with Crippen molar-refractivity contribution < 1.29 is 13.2 Å². The molecule has 1 aliphatic heterocycles. The number of aromatic amines is 1. The number of H-pyrrole nitrogens is 1. The number of hydrogen-bond acceptors (Lipinski definition) is 1. The van der Waals surface area contributed by atoms with Gasteiger partial charge in [0.15, 0.2) is 0 Å². The predicted octanol–water partition coefficient (Wildman–Crippen LogP) is 5.22. The molecule has 122 valence electrons. The van der Waals surface area contributed by atoms with E-state index in [-0.39, 0.29) is 0 Å². The minimum Gasteiger partial charge on any atom is -0.350 e. The first-order valence-corrected chi connectivity index (χ1v) is 7.71. The van der Waals surface area contributed by atoms with Crippen LogP contribution in [-0.2, 0) is 12.7 Å². The number of fused-ring (bicyclic) bond motifs is 3. The lowest BCUT2D eigenvalue weighted by Crippen LogP contribution is -2.25. The van der Waals surface area contributed by atoms with Crippen molar-refractivity contribution in [2.75, 3.05) is 11.4 Å². The van der Waals surface area contributed by atoms with Crippen molar-refractivity contribution in [1.82, 2.24) is 4.98 Å².